The van der Waals surface area contributed by atoms with Gasteiger partial charge in [-0.1, -0.05) is 23.8 Å². The zero-order chi connectivity index (χ0) is 13.7. The van der Waals surface area contributed by atoms with Crippen molar-refractivity contribution in [3.63, 3.8) is 0 Å². The number of halogens is 1. The van der Waals surface area contributed by atoms with Crippen molar-refractivity contribution in [2.45, 2.75) is 32.2 Å². The number of hydrogen-bond donors (Lipinski definition) is 1. The lowest BCUT2D eigenvalue weighted by Crippen LogP contribution is -2.15. The molecule has 1 aliphatic carbocycles. The van der Waals surface area contributed by atoms with Crippen LogP contribution in [-0.4, -0.2) is 11.5 Å². The summed E-state index contributed by atoms with van der Waals surface area (Å²) >= 11 is 3.31. The van der Waals surface area contributed by atoms with E-state index in [-0.39, 0.29) is 10.6 Å². The fourth-order valence-corrected chi connectivity index (χ4v) is 2.83. The molecule has 0 spiro atoms. The van der Waals surface area contributed by atoms with Gasteiger partial charge in [0.25, 0.3) is 5.69 Å². The minimum absolute atomic E-state index is 0.123. The Balaban J connectivity index is 1.85. The molecule has 0 saturated carbocycles. The van der Waals surface area contributed by atoms with Crippen LogP contribution in [0.5, 0.6) is 0 Å². The van der Waals surface area contributed by atoms with E-state index in [4.69, 9.17) is 0 Å². The molecule has 0 aromatic heterocycles. The first-order valence-electron chi connectivity index (χ1n) is 6.49. The highest BCUT2D eigenvalue weighted by molar-refractivity contribution is 9.10. The molecule has 5 heteroatoms. The first-order valence-corrected chi connectivity index (χ1v) is 7.28. The summed E-state index contributed by atoms with van der Waals surface area (Å²) in [4.78, 5) is 10.5. The summed E-state index contributed by atoms with van der Waals surface area (Å²) in [5.74, 6) is 0. The average molecular weight is 325 g/mol. The van der Waals surface area contributed by atoms with E-state index in [1.807, 2.05) is 6.07 Å². The zero-order valence-corrected chi connectivity index (χ0v) is 12.3. The monoisotopic (exact) mass is 324 g/mol. The van der Waals surface area contributed by atoms with Crippen molar-refractivity contribution in [1.82, 2.24) is 5.32 Å². The Morgan fingerprint density at radius 3 is 2.95 bits per heavy atom. The summed E-state index contributed by atoms with van der Waals surface area (Å²) in [5, 5.41) is 14.2. The summed E-state index contributed by atoms with van der Waals surface area (Å²) < 4.78 is 0.576. The Morgan fingerprint density at radius 1 is 1.42 bits per heavy atom. The first kappa shape index (κ1) is 14.2. The van der Waals surface area contributed by atoms with Crippen LogP contribution < -0.4 is 5.32 Å². The van der Waals surface area contributed by atoms with E-state index in [0.29, 0.717) is 11.0 Å². The molecule has 1 aliphatic rings. The quantitative estimate of drug-likeness (QED) is 0.373. The number of nitrogens with zero attached hydrogens (tertiary/aromatic N) is 1. The predicted molar refractivity (Wildman–Crippen MR) is 79.1 cm³/mol. The van der Waals surface area contributed by atoms with Gasteiger partial charge < -0.3 is 5.32 Å². The molecule has 1 aromatic carbocycles. The second-order valence-corrected chi connectivity index (χ2v) is 5.48. The number of hydrogen-bond acceptors (Lipinski definition) is 3. The largest absolute Gasteiger partial charge is 0.312 e. The number of nitro benzene ring substituents is 1. The summed E-state index contributed by atoms with van der Waals surface area (Å²) in [5.41, 5.74) is 2.58. The maximum Gasteiger partial charge on any atom is 0.283 e. The number of allylic oxidation sites excluding steroid dienone is 1. The molecule has 102 valence electrons. The smallest absolute Gasteiger partial charge is 0.283 e. The molecule has 0 unspecified atom stereocenters. The minimum atomic E-state index is -0.364. The standard InChI is InChI=1S/C14H17BrN2O2/c15-14-12(6-3-7-13(14)17(18)19)10-16-9-8-11-4-1-2-5-11/h3-4,6-7,16H,1-2,5,8-10H2. The molecular formula is C14H17BrN2O2. The zero-order valence-electron chi connectivity index (χ0n) is 10.7. The van der Waals surface area contributed by atoms with E-state index in [0.717, 1.165) is 18.5 Å². The third kappa shape index (κ3) is 3.88. The molecule has 19 heavy (non-hydrogen) atoms. The van der Waals surface area contributed by atoms with Crippen molar-refractivity contribution in [1.29, 1.82) is 0 Å². The molecule has 0 heterocycles. The van der Waals surface area contributed by atoms with E-state index >= 15 is 0 Å². The lowest BCUT2D eigenvalue weighted by Gasteiger charge is -2.07. The van der Waals surface area contributed by atoms with Crippen LogP contribution in [0.25, 0.3) is 0 Å². The maximum absolute atomic E-state index is 10.8. The molecule has 0 bridgehead atoms. The Hall–Kier alpha value is -1.20. The molecule has 0 radical (unpaired) electrons. The Kier molecular flexibility index (Phi) is 5.10. The van der Waals surface area contributed by atoms with Crippen molar-refractivity contribution in [3.8, 4) is 0 Å². The number of benzene rings is 1. The molecule has 0 amide bonds. The molecule has 0 fully saturated rings. The fraction of sp³-hybridized carbons (Fsp3) is 0.429. The second-order valence-electron chi connectivity index (χ2n) is 4.69. The van der Waals surface area contributed by atoms with Gasteiger partial charge in [0, 0.05) is 12.6 Å². The molecule has 0 aliphatic heterocycles. The fourth-order valence-electron chi connectivity index (χ4n) is 2.28. The van der Waals surface area contributed by atoms with Gasteiger partial charge in [-0.15, -0.1) is 0 Å². The van der Waals surface area contributed by atoms with Gasteiger partial charge in [-0.25, -0.2) is 0 Å². The van der Waals surface area contributed by atoms with Crippen molar-refractivity contribution in [2.75, 3.05) is 6.54 Å². The lowest BCUT2D eigenvalue weighted by molar-refractivity contribution is -0.385. The maximum atomic E-state index is 10.8. The van der Waals surface area contributed by atoms with Gasteiger partial charge in [-0.3, -0.25) is 10.1 Å². The molecule has 1 aromatic rings. The number of nitro groups is 1. The van der Waals surface area contributed by atoms with Crippen LogP contribution in [0.1, 0.15) is 31.2 Å². The Bertz CT molecular complexity index is 500. The van der Waals surface area contributed by atoms with Crippen LogP contribution in [0.3, 0.4) is 0 Å². The summed E-state index contributed by atoms with van der Waals surface area (Å²) in [6.07, 6.45) is 7.12. The van der Waals surface area contributed by atoms with Gasteiger partial charge in [0.15, 0.2) is 0 Å². The minimum Gasteiger partial charge on any atom is -0.312 e. The second kappa shape index (κ2) is 6.82. The highest BCUT2D eigenvalue weighted by Gasteiger charge is 2.14. The summed E-state index contributed by atoms with van der Waals surface area (Å²) in [6, 6.07) is 5.13. The normalized spacial score (nSPS) is 14.5. The van der Waals surface area contributed by atoms with Gasteiger partial charge in [0.05, 0.1) is 9.40 Å². The van der Waals surface area contributed by atoms with Crippen LogP contribution in [0.15, 0.2) is 34.3 Å². The highest BCUT2D eigenvalue weighted by atomic mass is 79.9. The molecule has 1 N–H and O–H groups in total. The van der Waals surface area contributed by atoms with E-state index in [1.54, 1.807) is 6.07 Å². The van der Waals surface area contributed by atoms with Crippen LogP contribution >= 0.6 is 15.9 Å². The summed E-state index contributed by atoms with van der Waals surface area (Å²) in [6.45, 7) is 1.57. The number of nitrogens with one attached hydrogen (secondary N) is 1. The molecular weight excluding hydrogens is 308 g/mol. The predicted octanol–water partition coefficient (Wildman–Crippen LogP) is 3.95. The van der Waals surface area contributed by atoms with Crippen LogP contribution in [0.2, 0.25) is 0 Å². The Labute approximate surface area is 121 Å². The van der Waals surface area contributed by atoms with Crippen molar-refractivity contribution in [3.05, 3.63) is 50.0 Å². The topological polar surface area (TPSA) is 55.2 Å². The molecule has 2 rings (SSSR count). The Morgan fingerprint density at radius 2 is 2.26 bits per heavy atom. The molecule has 0 saturated heterocycles. The summed E-state index contributed by atoms with van der Waals surface area (Å²) in [7, 11) is 0. The number of rotatable bonds is 6. The molecule has 4 nitrogen and oxygen atoms in total. The van der Waals surface area contributed by atoms with Gasteiger partial charge in [0.1, 0.15) is 0 Å². The van der Waals surface area contributed by atoms with Crippen LogP contribution in [0.4, 0.5) is 5.69 Å². The lowest BCUT2D eigenvalue weighted by atomic mass is 10.1. The van der Waals surface area contributed by atoms with Crippen LogP contribution in [0, 0.1) is 10.1 Å². The van der Waals surface area contributed by atoms with E-state index in [1.165, 1.54) is 30.9 Å². The highest BCUT2D eigenvalue weighted by Crippen LogP contribution is 2.28. The van der Waals surface area contributed by atoms with Gasteiger partial charge >= 0.3 is 0 Å². The average Bonchev–Trinajstić information content (AvgIpc) is 2.89. The van der Waals surface area contributed by atoms with E-state index < -0.39 is 0 Å². The van der Waals surface area contributed by atoms with Gasteiger partial charge in [0.2, 0.25) is 0 Å². The van der Waals surface area contributed by atoms with Gasteiger partial charge in [-0.05, 0) is 53.7 Å². The SMILES string of the molecule is O=[N+]([O-])c1cccc(CNCCC2=CCCC2)c1Br. The van der Waals surface area contributed by atoms with Crippen molar-refractivity contribution in [2.24, 2.45) is 0 Å². The third-order valence-corrected chi connectivity index (χ3v) is 4.24. The van der Waals surface area contributed by atoms with Crippen molar-refractivity contribution < 1.29 is 4.92 Å². The van der Waals surface area contributed by atoms with Crippen LogP contribution in [-0.2, 0) is 6.54 Å². The van der Waals surface area contributed by atoms with E-state index in [9.17, 15) is 10.1 Å². The first-order chi connectivity index (χ1) is 9.18. The van der Waals surface area contributed by atoms with E-state index in [2.05, 4.69) is 27.3 Å². The third-order valence-electron chi connectivity index (χ3n) is 3.33. The van der Waals surface area contributed by atoms with Gasteiger partial charge in [-0.2, -0.15) is 0 Å². The molecule has 0 atom stereocenters. The van der Waals surface area contributed by atoms with Crippen molar-refractivity contribution >= 4 is 21.6 Å².